The van der Waals surface area contributed by atoms with Gasteiger partial charge in [-0.1, -0.05) is 6.08 Å². The molecule has 1 aromatic carbocycles. The lowest BCUT2D eigenvalue weighted by molar-refractivity contribution is -0.237. The molecule has 0 saturated carbocycles. The first-order chi connectivity index (χ1) is 17.4. The third-order valence-electron chi connectivity index (χ3n) is 5.36. The minimum Gasteiger partial charge on any atom is -0.465 e. The molecular weight excluding hydrogens is 521 g/mol. The monoisotopic (exact) mass is 538 g/mol. The summed E-state index contributed by atoms with van der Waals surface area (Å²) in [6.07, 6.45) is 3.16. The zero-order valence-corrected chi connectivity index (χ0v) is 20.2. The Morgan fingerprint density at radius 3 is 2.41 bits per heavy atom. The third kappa shape index (κ3) is 4.70. The summed E-state index contributed by atoms with van der Waals surface area (Å²) in [5, 5.41) is 0.274. The van der Waals surface area contributed by atoms with Crippen molar-refractivity contribution in [2.24, 2.45) is 0 Å². The highest BCUT2D eigenvalue weighted by Gasteiger charge is 2.48. The molecule has 13 heteroatoms. The van der Waals surface area contributed by atoms with Crippen LogP contribution >= 0.6 is 0 Å². The fourth-order valence-electron chi connectivity index (χ4n) is 3.84. The SMILES string of the molecule is COO/C(C)=C1\C=CC(c2c3ccc(=O)cc-3oc3cc(OS(=O)(=O)C(F)(F)F)ccc23)=C1C(=O)OC. The minimum atomic E-state index is -5.95. The van der Waals surface area contributed by atoms with Crippen molar-refractivity contribution in [1.29, 1.82) is 0 Å². The van der Waals surface area contributed by atoms with Crippen molar-refractivity contribution in [1.82, 2.24) is 0 Å². The topological polar surface area (TPSA) is 118 Å². The van der Waals surface area contributed by atoms with Crippen LogP contribution in [0.2, 0.25) is 0 Å². The molecule has 0 bridgehead atoms. The van der Waals surface area contributed by atoms with Crippen molar-refractivity contribution in [2.45, 2.75) is 12.4 Å². The number of alkyl halides is 3. The maximum Gasteiger partial charge on any atom is 0.534 e. The lowest BCUT2D eigenvalue weighted by Crippen LogP contribution is -2.28. The molecule has 4 rings (SSSR count). The van der Waals surface area contributed by atoms with Crippen LogP contribution in [0, 0.1) is 0 Å². The van der Waals surface area contributed by atoms with E-state index < -0.39 is 32.8 Å². The second-order valence-corrected chi connectivity index (χ2v) is 9.15. The Hall–Kier alpha value is -4.10. The third-order valence-corrected chi connectivity index (χ3v) is 6.33. The highest BCUT2D eigenvalue weighted by molar-refractivity contribution is 7.88. The van der Waals surface area contributed by atoms with E-state index in [1.165, 1.54) is 32.4 Å². The quantitative estimate of drug-likeness (QED) is 0.0852. The van der Waals surface area contributed by atoms with Gasteiger partial charge in [0.1, 0.15) is 22.9 Å². The Balaban J connectivity index is 2.05. The predicted octanol–water partition coefficient (Wildman–Crippen LogP) is 4.47. The number of carbonyl (C=O) groups is 1. The fourth-order valence-corrected chi connectivity index (χ4v) is 4.29. The number of hydrogen-bond donors (Lipinski definition) is 0. The summed E-state index contributed by atoms with van der Waals surface area (Å²) in [5.41, 5.74) is -4.71. The summed E-state index contributed by atoms with van der Waals surface area (Å²) in [6, 6.07) is 7.09. The molecule has 0 aromatic heterocycles. The number of fused-ring (bicyclic) bond motifs is 2. The van der Waals surface area contributed by atoms with Gasteiger partial charge in [0.05, 0.1) is 19.8 Å². The molecule has 1 aromatic rings. The van der Waals surface area contributed by atoms with E-state index in [0.717, 1.165) is 18.2 Å². The van der Waals surface area contributed by atoms with Crippen molar-refractivity contribution in [3.05, 3.63) is 81.2 Å². The number of allylic oxidation sites excluding steroid dienone is 4. The van der Waals surface area contributed by atoms with Crippen molar-refractivity contribution < 1.29 is 49.5 Å². The molecule has 0 spiro atoms. The summed E-state index contributed by atoms with van der Waals surface area (Å²) < 4.78 is 76.3. The van der Waals surface area contributed by atoms with Gasteiger partial charge in [-0.25, -0.2) is 4.79 Å². The van der Waals surface area contributed by atoms with Gasteiger partial charge < -0.3 is 18.2 Å². The number of benzene rings is 2. The summed E-state index contributed by atoms with van der Waals surface area (Å²) in [4.78, 5) is 34.6. The average Bonchev–Trinajstić information content (AvgIpc) is 3.26. The van der Waals surface area contributed by atoms with Crippen LogP contribution < -0.4 is 9.61 Å². The molecular formula is C24H17F3O9S. The molecule has 0 saturated heterocycles. The van der Waals surface area contributed by atoms with Crippen LogP contribution in [0.15, 0.2) is 74.7 Å². The molecule has 9 nitrogen and oxygen atoms in total. The molecule has 0 radical (unpaired) electrons. The zero-order chi connectivity index (χ0) is 27.1. The predicted molar refractivity (Wildman–Crippen MR) is 124 cm³/mol. The van der Waals surface area contributed by atoms with Gasteiger partial charge in [-0.3, -0.25) is 4.79 Å². The summed E-state index contributed by atoms with van der Waals surface area (Å²) in [7, 11) is -3.48. The first-order valence-electron chi connectivity index (χ1n) is 10.3. The van der Waals surface area contributed by atoms with E-state index in [0.29, 0.717) is 22.3 Å². The molecule has 194 valence electrons. The number of hydrogen-bond acceptors (Lipinski definition) is 9. The van der Waals surface area contributed by atoms with Gasteiger partial charge >= 0.3 is 21.6 Å². The number of esters is 1. The Kier molecular flexibility index (Phi) is 6.60. The van der Waals surface area contributed by atoms with Gasteiger partial charge in [0.25, 0.3) is 0 Å². The van der Waals surface area contributed by atoms with Crippen molar-refractivity contribution in [3.63, 3.8) is 0 Å². The Bertz CT molecular complexity index is 1640. The number of ether oxygens (including phenoxy) is 1. The largest absolute Gasteiger partial charge is 0.534 e. The number of rotatable bonds is 6. The van der Waals surface area contributed by atoms with Crippen LogP contribution in [0.1, 0.15) is 12.5 Å². The lowest BCUT2D eigenvalue weighted by Gasteiger charge is -2.17. The molecule has 0 fully saturated rings. The van der Waals surface area contributed by atoms with Crippen LogP contribution in [-0.2, 0) is 29.4 Å². The molecule has 2 aliphatic carbocycles. The summed E-state index contributed by atoms with van der Waals surface area (Å²) in [6.45, 7) is 1.56. The Morgan fingerprint density at radius 2 is 1.76 bits per heavy atom. The molecule has 0 unspecified atom stereocenters. The second kappa shape index (κ2) is 9.41. The fraction of sp³-hybridized carbons (Fsp3) is 0.167. The van der Waals surface area contributed by atoms with Gasteiger partial charge in [-0.15, -0.1) is 0 Å². The van der Waals surface area contributed by atoms with Gasteiger partial charge in [-0.05, 0) is 42.8 Å². The van der Waals surface area contributed by atoms with E-state index in [4.69, 9.17) is 14.0 Å². The molecule has 0 amide bonds. The van der Waals surface area contributed by atoms with Crippen LogP contribution in [-0.4, -0.2) is 34.1 Å². The van der Waals surface area contributed by atoms with E-state index in [2.05, 4.69) is 9.07 Å². The van der Waals surface area contributed by atoms with Gasteiger partial charge in [0.15, 0.2) is 5.43 Å². The van der Waals surface area contributed by atoms with E-state index in [1.54, 1.807) is 19.1 Å². The standard InChI is InChI=1S/C24H17F3O9S/c1-12(35-33-3)15-8-9-18(22(15)23(29)32-2)21-16-6-4-13(28)10-19(16)34-20-11-14(5-7-17(20)21)36-37(30,31)24(25,26)27/h4-11H,1-3H3/b15-12+. The van der Waals surface area contributed by atoms with Gasteiger partial charge in [-0.2, -0.15) is 26.5 Å². The van der Waals surface area contributed by atoms with Crippen molar-refractivity contribution in [3.8, 4) is 17.1 Å². The Morgan fingerprint density at radius 1 is 1.03 bits per heavy atom. The normalized spacial score (nSPS) is 15.4. The minimum absolute atomic E-state index is 0.0261. The van der Waals surface area contributed by atoms with Gasteiger partial charge in [0.2, 0.25) is 0 Å². The lowest BCUT2D eigenvalue weighted by atomic mass is 9.91. The van der Waals surface area contributed by atoms with E-state index in [-0.39, 0.29) is 28.1 Å². The highest BCUT2D eigenvalue weighted by atomic mass is 32.2. The molecule has 37 heavy (non-hydrogen) atoms. The first kappa shape index (κ1) is 26.0. The maximum atomic E-state index is 12.8. The van der Waals surface area contributed by atoms with E-state index in [9.17, 15) is 31.2 Å². The number of methoxy groups -OCH3 is 1. The van der Waals surface area contributed by atoms with Crippen LogP contribution in [0.4, 0.5) is 13.2 Å². The van der Waals surface area contributed by atoms with Gasteiger partial charge in [0, 0.05) is 34.2 Å². The average molecular weight is 538 g/mol. The molecule has 0 atom stereocenters. The smallest absolute Gasteiger partial charge is 0.465 e. The molecule has 3 aliphatic rings. The highest BCUT2D eigenvalue weighted by Crippen LogP contribution is 2.44. The van der Waals surface area contributed by atoms with Crippen LogP contribution in [0.25, 0.3) is 27.9 Å². The maximum absolute atomic E-state index is 12.8. The van der Waals surface area contributed by atoms with Crippen molar-refractivity contribution in [2.75, 3.05) is 14.2 Å². The van der Waals surface area contributed by atoms with Crippen LogP contribution in [0.3, 0.4) is 0 Å². The van der Waals surface area contributed by atoms with E-state index >= 15 is 0 Å². The summed E-state index contributed by atoms with van der Waals surface area (Å²) >= 11 is 0. The van der Waals surface area contributed by atoms with E-state index in [1.807, 2.05) is 0 Å². The number of carbonyl (C=O) groups excluding carboxylic acids is 1. The van der Waals surface area contributed by atoms with Crippen molar-refractivity contribution >= 4 is 32.6 Å². The first-order valence-corrected chi connectivity index (χ1v) is 11.7. The zero-order valence-electron chi connectivity index (χ0n) is 19.3. The number of halogens is 3. The molecule has 1 heterocycles. The molecule has 1 aliphatic heterocycles. The van der Waals surface area contributed by atoms with Crippen LogP contribution in [0.5, 0.6) is 5.75 Å². The summed E-state index contributed by atoms with van der Waals surface area (Å²) in [5.74, 6) is -1.14. The second-order valence-electron chi connectivity index (χ2n) is 7.61. The molecule has 0 N–H and O–H groups in total. The Labute approximate surface area is 207 Å².